The Morgan fingerprint density at radius 1 is 0.714 bits per heavy atom. The van der Waals surface area contributed by atoms with E-state index in [1.807, 2.05) is 0 Å². The molecule has 2 fully saturated rings. The number of rotatable bonds is 4. The molecule has 1 aromatic rings. The first-order valence-corrected chi connectivity index (χ1v) is 8.75. The second-order valence-corrected chi connectivity index (χ2v) is 6.71. The fourth-order valence-corrected chi connectivity index (χ4v) is 3.53. The maximum atomic E-state index is 6.28. The number of hydrogen-bond acceptors (Lipinski definition) is 2. The average Bonchev–Trinajstić information content (AvgIpc) is 2.52. The van der Waals surface area contributed by atoms with Crippen molar-refractivity contribution in [3.05, 3.63) is 23.8 Å². The molecule has 0 aliphatic heterocycles. The predicted molar refractivity (Wildman–Crippen MR) is 86.2 cm³/mol. The van der Waals surface area contributed by atoms with Gasteiger partial charge in [-0.25, -0.2) is 0 Å². The highest BCUT2D eigenvalue weighted by atomic mass is 16.5. The SMILES string of the molecule is Cc1ccc(OC2CCCCC2)c(OC2CCCCC2)c1. The number of ether oxygens (including phenoxy) is 2. The van der Waals surface area contributed by atoms with Gasteiger partial charge < -0.3 is 9.47 Å². The molecule has 0 amide bonds. The first-order valence-electron chi connectivity index (χ1n) is 8.75. The summed E-state index contributed by atoms with van der Waals surface area (Å²) in [4.78, 5) is 0. The van der Waals surface area contributed by atoms with Crippen LogP contribution >= 0.6 is 0 Å². The summed E-state index contributed by atoms with van der Waals surface area (Å²) in [7, 11) is 0. The number of hydrogen-bond donors (Lipinski definition) is 0. The molecule has 0 radical (unpaired) electrons. The van der Waals surface area contributed by atoms with Gasteiger partial charge in [0.05, 0.1) is 12.2 Å². The van der Waals surface area contributed by atoms with Crippen LogP contribution in [0.2, 0.25) is 0 Å². The van der Waals surface area contributed by atoms with E-state index in [1.54, 1.807) is 0 Å². The van der Waals surface area contributed by atoms with Crippen LogP contribution in [-0.2, 0) is 0 Å². The largest absolute Gasteiger partial charge is 0.487 e. The van der Waals surface area contributed by atoms with Crippen LogP contribution < -0.4 is 9.47 Å². The van der Waals surface area contributed by atoms with Gasteiger partial charge in [0.25, 0.3) is 0 Å². The lowest BCUT2D eigenvalue weighted by molar-refractivity contribution is 0.123. The summed E-state index contributed by atoms with van der Waals surface area (Å²) in [5, 5.41) is 0. The van der Waals surface area contributed by atoms with Crippen LogP contribution in [0.1, 0.15) is 69.8 Å². The molecule has 2 heteroatoms. The van der Waals surface area contributed by atoms with Crippen LogP contribution in [-0.4, -0.2) is 12.2 Å². The van der Waals surface area contributed by atoms with E-state index in [0.29, 0.717) is 12.2 Å². The minimum absolute atomic E-state index is 0.384. The van der Waals surface area contributed by atoms with Gasteiger partial charge in [0.1, 0.15) is 0 Å². The van der Waals surface area contributed by atoms with Gasteiger partial charge in [-0.3, -0.25) is 0 Å². The van der Waals surface area contributed by atoms with Crippen molar-refractivity contribution in [2.24, 2.45) is 0 Å². The van der Waals surface area contributed by atoms with Crippen LogP contribution in [0.4, 0.5) is 0 Å². The molecular formula is C19H28O2. The zero-order valence-corrected chi connectivity index (χ0v) is 13.3. The van der Waals surface area contributed by atoms with Gasteiger partial charge in [0, 0.05) is 0 Å². The summed E-state index contributed by atoms with van der Waals surface area (Å²) < 4.78 is 12.5. The Balaban J connectivity index is 1.69. The van der Waals surface area contributed by atoms with Gasteiger partial charge in [-0.2, -0.15) is 0 Å². The average molecular weight is 288 g/mol. The van der Waals surface area contributed by atoms with E-state index < -0.39 is 0 Å². The van der Waals surface area contributed by atoms with E-state index in [-0.39, 0.29) is 0 Å². The van der Waals surface area contributed by atoms with E-state index in [9.17, 15) is 0 Å². The molecule has 0 unspecified atom stereocenters. The van der Waals surface area contributed by atoms with Crippen molar-refractivity contribution in [1.82, 2.24) is 0 Å². The van der Waals surface area contributed by atoms with Gasteiger partial charge in [0.15, 0.2) is 11.5 Å². The summed E-state index contributed by atoms with van der Waals surface area (Å²) in [5.74, 6) is 1.92. The van der Waals surface area contributed by atoms with E-state index >= 15 is 0 Å². The summed E-state index contributed by atoms with van der Waals surface area (Å²) in [6.07, 6.45) is 13.5. The molecule has 0 saturated heterocycles. The van der Waals surface area contributed by atoms with Gasteiger partial charge in [0.2, 0.25) is 0 Å². The molecule has 0 atom stereocenters. The molecular weight excluding hydrogens is 260 g/mol. The topological polar surface area (TPSA) is 18.5 Å². The molecule has 21 heavy (non-hydrogen) atoms. The monoisotopic (exact) mass is 288 g/mol. The number of aryl methyl sites for hydroxylation is 1. The van der Waals surface area contributed by atoms with Crippen molar-refractivity contribution in [3.63, 3.8) is 0 Å². The summed E-state index contributed by atoms with van der Waals surface area (Å²) in [5.41, 5.74) is 1.25. The smallest absolute Gasteiger partial charge is 0.161 e. The van der Waals surface area contributed by atoms with Crippen LogP contribution in [0.15, 0.2) is 18.2 Å². The first-order chi connectivity index (χ1) is 10.3. The molecule has 2 saturated carbocycles. The quantitative estimate of drug-likeness (QED) is 0.736. The lowest BCUT2D eigenvalue weighted by Gasteiger charge is -2.27. The summed E-state index contributed by atoms with van der Waals surface area (Å²) in [6.45, 7) is 2.12. The van der Waals surface area contributed by atoms with Crippen molar-refractivity contribution in [2.75, 3.05) is 0 Å². The number of benzene rings is 1. The van der Waals surface area contributed by atoms with Gasteiger partial charge in [-0.15, -0.1) is 0 Å². The van der Waals surface area contributed by atoms with Crippen LogP contribution in [0.3, 0.4) is 0 Å². The Morgan fingerprint density at radius 2 is 1.24 bits per heavy atom. The Kier molecular flexibility index (Phi) is 5.05. The molecule has 0 heterocycles. The summed E-state index contributed by atoms with van der Waals surface area (Å²) >= 11 is 0. The summed E-state index contributed by atoms with van der Waals surface area (Å²) in [6, 6.07) is 6.38. The van der Waals surface area contributed by atoms with Gasteiger partial charge >= 0.3 is 0 Å². The van der Waals surface area contributed by atoms with E-state index in [1.165, 1.54) is 69.8 Å². The fraction of sp³-hybridized carbons (Fsp3) is 0.684. The second kappa shape index (κ2) is 7.20. The predicted octanol–water partition coefficient (Wildman–Crippen LogP) is 5.42. The Morgan fingerprint density at radius 3 is 1.81 bits per heavy atom. The van der Waals surface area contributed by atoms with E-state index in [4.69, 9.17) is 9.47 Å². The zero-order valence-electron chi connectivity index (χ0n) is 13.3. The molecule has 0 aromatic heterocycles. The molecule has 1 aromatic carbocycles. The third kappa shape index (κ3) is 4.15. The minimum atomic E-state index is 0.384. The fourth-order valence-electron chi connectivity index (χ4n) is 3.53. The Labute approximate surface area is 128 Å². The van der Waals surface area contributed by atoms with Crippen molar-refractivity contribution in [3.8, 4) is 11.5 Å². The van der Waals surface area contributed by atoms with E-state index in [2.05, 4.69) is 25.1 Å². The van der Waals surface area contributed by atoms with Gasteiger partial charge in [-0.1, -0.05) is 18.9 Å². The maximum absolute atomic E-state index is 6.28. The van der Waals surface area contributed by atoms with Crippen molar-refractivity contribution >= 4 is 0 Å². The third-order valence-corrected chi connectivity index (χ3v) is 4.79. The molecule has 0 N–H and O–H groups in total. The lowest BCUT2D eigenvalue weighted by atomic mass is 9.97. The zero-order chi connectivity index (χ0) is 14.5. The van der Waals surface area contributed by atoms with Crippen molar-refractivity contribution in [2.45, 2.75) is 83.3 Å². The molecule has 3 rings (SSSR count). The highest BCUT2D eigenvalue weighted by Gasteiger charge is 2.20. The molecule has 2 aliphatic carbocycles. The van der Waals surface area contributed by atoms with Gasteiger partial charge in [-0.05, 0) is 76.0 Å². The first kappa shape index (κ1) is 14.7. The highest BCUT2D eigenvalue weighted by Crippen LogP contribution is 2.34. The molecule has 2 nitrogen and oxygen atoms in total. The Hall–Kier alpha value is -1.18. The molecule has 2 aliphatic rings. The normalized spacial score (nSPS) is 21.2. The highest BCUT2D eigenvalue weighted by molar-refractivity contribution is 5.43. The third-order valence-electron chi connectivity index (χ3n) is 4.79. The molecule has 0 bridgehead atoms. The van der Waals surface area contributed by atoms with Crippen LogP contribution in [0, 0.1) is 6.92 Å². The lowest BCUT2D eigenvalue weighted by Crippen LogP contribution is -2.22. The van der Waals surface area contributed by atoms with Crippen LogP contribution in [0.5, 0.6) is 11.5 Å². The maximum Gasteiger partial charge on any atom is 0.161 e. The molecule has 116 valence electrons. The van der Waals surface area contributed by atoms with E-state index in [0.717, 1.165) is 11.5 Å². The second-order valence-electron chi connectivity index (χ2n) is 6.71. The molecule has 0 spiro atoms. The van der Waals surface area contributed by atoms with Crippen molar-refractivity contribution < 1.29 is 9.47 Å². The van der Waals surface area contributed by atoms with Crippen LogP contribution in [0.25, 0.3) is 0 Å². The van der Waals surface area contributed by atoms with Crippen molar-refractivity contribution in [1.29, 1.82) is 0 Å². The Bertz CT molecular complexity index is 443. The minimum Gasteiger partial charge on any atom is -0.487 e. The standard InChI is InChI=1S/C19H28O2/c1-15-12-13-18(20-16-8-4-2-5-9-16)19(14-15)21-17-10-6-3-7-11-17/h12-14,16-17H,2-11H2,1H3.